The second-order valence-electron chi connectivity index (χ2n) is 6.65. The molecule has 0 spiro atoms. The highest BCUT2D eigenvalue weighted by atomic mass is 16.3. The number of likely N-dealkylation sites (tertiary alicyclic amines) is 1. The number of nitrogens with zero attached hydrogens (tertiary/aromatic N) is 2. The van der Waals surface area contributed by atoms with Crippen LogP contribution in [-0.4, -0.2) is 34.0 Å². The molecule has 0 bridgehead atoms. The number of amides is 1. The van der Waals surface area contributed by atoms with E-state index >= 15 is 0 Å². The molecule has 1 unspecified atom stereocenters. The van der Waals surface area contributed by atoms with Crippen molar-refractivity contribution in [1.82, 2.24) is 9.88 Å². The summed E-state index contributed by atoms with van der Waals surface area (Å²) in [4.78, 5) is 19.1. The van der Waals surface area contributed by atoms with Crippen molar-refractivity contribution in [2.45, 2.75) is 38.5 Å². The van der Waals surface area contributed by atoms with Gasteiger partial charge in [-0.2, -0.15) is 0 Å². The van der Waals surface area contributed by atoms with Gasteiger partial charge in [0, 0.05) is 25.0 Å². The number of aryl methyl sites for hydroxylation is 1. The minimum atomic E-state index is -0.227. The zero-order valence-electron chi connectivity index (χ0n) is 14.3. The van der Waals surface area contributed by atoms with E-state index in [2.05, 4.69) is 17.1 Å². The largest absolute Gasteiger partial charge is 0.508 e. The lowest BCUT2D eigenvalue weighted by atomic mass is 9.89. The molecule has 2 aromatic rings. The molecule has 126 valence electrons. The Kier molecular flexibility index (Phi) is 4.84. The average molecular weight is 324 g/mol. The highest BCUT2D eigenvalue weighted by Gasteiger charge is 2.27. The summed E-state index contributed by atoms with van der Waals surface area (Å²) in [6, 6.07) is 11.2. The number of carbonyl (C=O) groups excluding carboxylic acids is 1. The second kappa shape index (κ2) is 7.04. The van der Waals surface area contributed by atoms with E-state index in [1.807, 2.05) is 31.0 Å². The van der Waals surface area contributed by atoms with Crippen molar-refractivity contribution in [3.8, 4) is 5.75 Å². The second-order valence-corrected chi connectivity index (χ2v) is 6.65. The van der Waals surface area contributed by atoms with Crippen LogP contribution in [0.15, 0.2) is 42.6 Å². The first-order valence-electron chi connectivity index (χ1n) is 8.55. The predicted molar refractivity (Wildman–Crippen MR) is 94.1 cm³/mol. The number of aromatic nitrogens is 1. The molecule has 0 saturated carbocycles. The van der Waals surface area contributed by atoms with Crippen molar-refractivity contribution in [1.29, 1.82) is 0 Å². The molecule has 1 N–H and O–H groups in total. The standard InChI is InChI=1S/C20H24N2O2/c1-14-6-7-18(13-21-14)16-8-10-22(11-9-16)20(24)15(2)17-4-3-5-19(23)12-17/h3-7,12-13,15-16,23H,8-11H2,1-2H3. The van der Waals surface area contributed by atoms with Gasteiger partial charge < -0.3 is 10.0 Å². The lowest BCUT2D eigenvalue weighted by Gasteiger charge is -2.33. The van der Waals surface area contributed by atoms with Crippen molar-refractivity contribution in [2.24, 2.45) is 0 Å². The van der Waals surface area contributed by atoms with Gasteiger partial charge in [0.05, 0.1) is 5.92 Å². The Morgan fingerprint density at radius 3 is 2.62 bits per heavy atom. The normalized spacial score (nSPS) is 16.8. The fourth-order valence-electron chi connectivity index (χ4n) is 3.36. The number of benzene rings is 1. The molecule has 1 atom stereocenters. The molecule has 4 heteroatoms. The predicted octanol–water partition coefficient (Wildman–Crippen LogP) is 3.61. The van der Waals surface area contributed by atoms with Crippen molar-refractivity contribution in [2.75, 3.05) is 13.1 Å². The van der Waals surface area contributed by atoms with Crippen molar-refractivity contribution >= 4 is 5.91 Å². The number of pyridine rings is 1. The van der Waals surface area contributed by atoms with Gasteiger partial charge >= 0.3 is 0 Å². The summed E-state index contributed by atoms with van der Waals surface area (Å²) in [7, 11) is 0. The van der Waals surface area contributed by atoms with E-state index in [4.69, 9.17) is 0 Å². The van der Waals surface area contributed by atoms with Gasteiger partial charge in [-0.1, -0.05) is 18.2 Å². The third kappa shape index (κ3) is 3.58. The van der Waals surface area contributed by atoms with Gasteiger partial charge in [-0.15, -0.1) is 0 Å². The monoisotopic (exact) mass is 324 g/mol. The maximum atomic E-state index is 12.7. The molecule has 1 aromatic heterocycles. The van der Waals surface area contributed by atoms with E-state index in [9.17, 15) is 9.90 Å². The van der Waals surface area contributed by atoms with E-state index in [1.54, 1.807) is 18.2 Å². The summed E-state index contributed by atoms with van der Waals surface area (Å²) in [6.45, 7) is 5.46. The SMILES string of the molecule is Cc1ccc(C2CCN(C(=O)C(C)c3cccc(O)c3)CC2)cn1. The maximum absolute atomic E-state index is 12.7. The molecule has 0 radical (unpaired) electrons. The minimum Gasteiger partial charge on any atom is -0.508 e. The van der Waals surface area contributed by atoms with Gasteiger partial charge in [0.15, 0.2) is 0 Å². The van der Waals surface area contributed by atoms with E-state index < -0.39 is 0 Å². The number of piperidine rings is 1. The zero-order valence-corrected chi connectivity index (χ0v) is 14.3. The third-order valence-corrected chi connectivity index (χ3v) is 4.95. The highest BCUT2D eigenvalue weighted by Crippen LogP contribution is 2.30. The van der Waals surface area contributed by atoms with Crippen molar-refractivity contribution in [3.63, 3.8) is 0 Å². The number of phenols is 1. The molecule has 4 nitrogen and oxygen atoms in total. The minimum absolute atomic E-state index is 0.140. The van der Waals surface area contributed by atoms with E-state index in [0.29, 0.717) is 5.92 Å². The zero-order chi connectivity index (χ0) is 17.1. The fraction of sp³-hybridized carbons (Fsp3) is 0.400. The highest BCUT2D eigenvalue weighted by molar-refractivity contribution is 5.83. The van der Waals surface area contributed by atoms with Crippen LogP contribution in [0.3, 0.4) is 0 Å². The van der Waals surface area contributed by atoms with Crippen LogP contribution in [0.1, 0.15) is 48.4 Å². The Morgan fingerprint density at radius 1 is 1.25 bits per heavy atom. The molecule has 1 saturated heterocycles. The van der Waals surface area contributed by atoms with Gasteiger partial charge in [-0.3, -0.25) is 9.78 Å². The first-order chi connectivity index (χ1) is 11.5. The number of aromatic hydroxyl groups is 1. The quantitative estimate of drug-likeness (QED) is 0.938. The molecular weight excluding hydrogens is 300 g/mol. The number of phenolic OH excluding ortho intramolecular Hbond substituents is 1. The Hall–Kier alpha value is -2.36. The average Bonchev–Trinajstić information content (AvgIpc) is 2.61. The van der Waals surface area contributed by atoms with Gasteiger partial charge in [0.2, 0.25) is 5.91 Å². The van der Waals surface area contributed by atoms with Gasteiger partial charge in [-0.25, -0.2) is 0 Å². The van der Waals surface area contributed by atoms with Crippen LogP contribution in [0.4, 0.5) is 0 Å². The fourth-order valence-corrected chi connectivity index (χ4v) is 3.36. The molecule has 1 aromatic carbocycles. The molecule has 24 heavy (non-hydrogen) atoms. The number of carbonyl (C=O) groups is 1. The molecule has 0 aliphatic carbocycles. The topological polar surface area (TPSA) is 53.4 Å². The molecule has 1 aliphatic rings. The smallest absolute Gasteiger partial charge is 0.229 e. The summed E-state index contributed by atoms with van der Waals surface area (Å²) in [6.07, 6.45) is 3.92. The molecule has 1 amide bonds. The Morgan fingerprint density at radius 2 is 2.00 bits per heavy atom. The van der Waals surface area contributed by atoms with Crippen LogP contribution in [0.2, 0.25) is 0 Å². The van der Waals surface area contributed by atoms with Gasteiger partial charge in [-0.05, 0) is 61.9 Å². The van der Waals surface area contributed by atoms with Crippen LogP contribution < -0.4 is 0 Å². The summed E-state index contributed by atoms with van der Waals surface area (Å²) >= 11 is 0. The van der Waals surface area contributed by atoms with Crippen LogP contribution in [0.25, 0.3) is 0 Å². The molecule has 1 fully saturated rings. The first kappa shape index (κ1) is 16.5. The number of hydrogen-bond acceptors (Lipinski definition) is 3. The van der Waals surface area contributed by atoms with Crippen LogP contribution in [-0.2, 0) is 4.79 Å². The molecular formula is C20H24N2O2. The van der Waals surface area contributed by atoms with Gasteiger partial charge in [0.1, 0.15) is 5.75 Å². The Bertz CT molecular complexity index is 704. The first-order valence-corrected chi connectivity index (χ1v) is 8.55. The molecule has 2 heterocycles. The van der Waals surface area contributed by atoms with Crippen LogP contribution >= 0.6 is 0 Å². The number of hydrogen-bond donors (Lipinski definition) is 1. The van der Waals surface area contributed by atoms with Crippen LogP contribution in [0, 0.1) is 6.92 Å². The Labute approximate surface area is 143 Å². The summed E-state index contributed by atoms with van der Waals surface area (Å²) in [5, 5.41) is 9.60. The van der Waals surface area contributed by atoms with Crippen molar-refractivity contribution < 1.29 is 9.90 Å². The summed E-state index contributed by atoms with van der Waals surface area (Å²) < 4.78 is 0. The maximum Gasteiger partial charge on any atom is 0.229 e. The lowest BCUT2D eigenvalue weighted by molar-refractivity contribution is -0.133. The molecule has 3 rings (SSSR count). The molecule has 1 aliphatic heterocycles. The van der Waals surface area contributed by atoms with E-state index in [0.717, 1.165) is 37.2 Å². The Balaban J connectivity index is 1.61. The summed E-state index contributed by atoms with van der Waals surface area (Å²) in [5.41, 5.74) is 3.17. The lowest BCUT2D eigenvalue weighted by Crippen LogP contribution is -2.40. The van der Waals surface area contributed by atoms with Crippen molar-refractivity contribution in [3.05, 3.63) is 59.4 Å². The van der Waals surface area contributed by atoms with E-state index in [1.165, 1.54) is 5.56 Å². The number of rotatable bonds is 3. The van der Waals surface area contributed by atoms with Gasteiger partial charge in [0.25, 0.3) is 0 Å². The van der Waals surface area contributed by atoms with E-state index in [-0.39, 0.29) is 17.6 Å². The third-order valence-electron chi connectivity index (χ3n) is 4.95. The van der Waals surface area contributed by atoms with Crippen LogP contribution in [0.5, 0.6) is 5.75 Å². The summed E-state index contributed by atoms with van der Waals surface area (Å²) in [5.74, 6) is 0.603.